The molecule has 1 heterocycles. The zero-order chi connectivity index (χ0) is 19.2. The van der Waals surface area contributed by atoms with Crippen molar-refractivity contribution in [2.75, 3.05) is 0 Å². The number of H-pyrrole nitrogens is 1. The van der Waals surface area contributed by atoms with Gasteiger partial charge in [-0.1, -0.05) is 108 Å². The smallest absolute Gasteiger partial charge is 0.112 e. The van der Waals surface area contributed by atoms with Crippen molar-refractivity contribution in [2.24, 2.45) is 0 Å². The topological polar surface area (TPSA) is 28.7 Å². The summed E-state index contributed by atoms with van der Waals surface area (Å²) in [6.07, 6.45) is 20.0. The van der Waals surface area contributed by atoms with Crippen LogP contribution in [0.4, 0.5) is 0 Å². The molecule has 2 aromatic rings. The maximum atomic E-state index is 5.57. The van der Waals surface area contributed by atoms with Crippen molar-refractivity contribution in [1.82, 2.24) is 9.97 Å². The predicted octanol–water partition coefficient (Wildman–Crippen LogP) is 7.96. The summed E-state index contributed by atoms with van der Waals surface area (Å²) in [5.74, 6) is 1.01. The highest BCUT2D eigenvalue weighted by atomic mass is 32.1. The lowest BCUT2D eigenvalue weighted by molar-refractivity contribution is 0.541. The molecule has 0 aliphatic carbocycles. The van der Waals surface area contributed by atoms with E-state index in [-0.39, 0.29) is 0 Å². The highest BCUT2D eigenvalue weighted by molar-refractivity contribution is 7.80. The van der Waals surface area contributed by atoms with E-state index in [1.807, 2.05) is 18.2 Å². The van der Waals surface area contributed by atoms with Crippen LogP contribution in [0, 0.1) is 0 Å². The third kappa shape index (κ3) is 9.51. The Labute approximate surface area is 171 Å². The molecule has 0 saturated carbocycles. The number of unbranched alkanes of at least 4 members (excludes halogenated alkanes) is 12. The molecule has 0 amide bonds. The third-order valence-corrected chi connectivity index (χ3v) is 5.71. The molecule has 0 fully saturated rings. The fourth-order valence-electron chi connectivity index (χ4n) is 3.70. The van der Waals surface area contributed by atoms with Crippen LogP contribution in [-0.4, -0.2) is 14.8 Å². The Bertz CT molecular complexity index is 614. The first-order valence-electron chi connectivity index (χ1n) is 11.2. The van der Waals surface area contributed by atoms with Gasteiger partial charge in [-0.3, -0.25) is 0 Å². The summed E-state index contributed by atoms with van der Waals surface area (Å²) in [7, 11) is 0. The highest BCUT2D eigenvalue weighted by Gasteiger charge is 2.05. The molecule has 3 heteroatoms. The van der Waals surface area contributed by atoms with Crippen molar-refractivity contribution >= 4 is 28.1 Å². The largest absolute Gasteiger partial charge is 0.342 e. The Hall–Kier alpha value is -1.22. The van der Waals surface area contributed by atoms with Gasteiger partial charge in [0.05, 0.1) is 11.0 Å². The summed E-state index contributed by atoms with van der Waals surface area (Å²) in [5, 5.41) is 0. The molecule has 0 aliphatic rings. The molecule has 0 bridgehead atoms. The summed E-state index contributed by atoms with van der Waals surface area (Å²) in [6, 6.07) is 8.18. The van der Waals surface area contributed by atoms with E-state index in [4.69, 9.17) is 12.2 Å². The number of rotatable bonds is 16. The molecule has 0 atom stereocenters. The normalized spacial score (nSPS) is 11.3. The summed E-state index contributed by atoms with van der Waals surface area (Å²) in [4.78, 5) is 9.14. The van der Waals surface area contributed by atoms with Gasteiger partial charge in [-0.15, -0.1) is 0 Å². The van der Waals surface area contributed by atoms with Gasteiger partial charge in [0.25, 0.3) is 0 Å². The molecule has 0 aliphatic heterocycles. The number of hydrogen-bond donors (Lipinski definition) is 1. The number of nitrogens with one attached hydrogen (secondary N) is 1. The van der Waals surface area contributed by atoms with E-state index in [1.54, 1.807) is 0 Å². The summed E-state index contributed by atoms with van der Waals surface area (Å²) < 4.78 is 0. The van der Waals surface area contributed by atoms with Gasteiger partial charge in [-0.2, -0.15) is 0 Å². The minimum Gasteiger partial charge on any atom is -0.342 e. The maximum Gasteiger partial charge on any atom is 0.112 e. The first kappa shape index (κ1) is 22.1. The van der Waals surface area contributed by atoms with Crippen molar-refractivity contribution in [3.63, 3.8) is 0 Å². The van der Waals surface area contributed by atoms with Crippen LogP contribution in [0.1, 0.15) is 103 Å². The lowest BCUT2D eigenvalue weighted by Gasteiger charge is -2.04. The SMILES string of the molecule is CCCCCCCCCCCCCCCC(=S)Cc1nc2ccccc2[nH]1. The van der Waals surface area contributed by atoms with Crippen molar-refractivity contribution in [3.8, 4) is 0 Å². The molecular weight excluding hydrogens is 348 g/mol. The van der Waals surface area contributed by atoms with Gasteiger partial charge < -0.3 is 4.98 Å². The van der Waals surface area contributed by atoms with Crippen LogP contribution in [0.3, 0.4) is 0 Å². The molecule has 1 aromatic heterocycles. The molecule has 2 rings (SSSR count). The average Bonchev–Trinajstić information content (AvgIpc) is 3.07. The zero-order valence-corrected chi connectivity index (χ0v) is 18.1. The number of thiocarbonyl (C=S) groups is 1. The molecule has 0 spiro atoms. The van der Waals surface area contributed by atoms with Gasteiger partial charge in [0, 0.05) is 11.3 Å². The Morgan fingerprint density at radius 2 is 1.37 bits per heavy atom. The molecule has 150 valence electrons. The number of para-hydroxylation sites is 2. The number of aromatic nitrogens is 2. The van der Waals surface area contributed by atoms with Crippen molar-refractivity contribution < 1.29 is 0 Å². The monoisotopic (exact) mass is 386 g/mol. The van der Waals surface area contributed by atoms with E-state index in [0.717, 1.165) is 34.6 Å². The zero-order valence-electron chi connectivity index (χ0n) is 17.3. The van der Waals surface area contributed by atoms with Crippen molar-refractivity contribution in [3.05, 3.63) is 30.1 Å². The number of imidazole rings is 1. The standard InChI is InChI=1S/C24H38N2S/c1-2-3-4-5-6-7-8-9-10-11-12-13-14-17-21(27)20-24-25-22-18-15-16-19-23(22)26-24/h15-16,18-19H,2-14,17,20H2,1H3,(H,25,26). The number of benzene rings is 1. The Kier molecular flexibility index (Phi) is 11.3. The van der Waals surface area contributed by atoms with E-state index in [2.05, 4.69) is 23.0 Å². The molecular formula is C24H38N2S. The molecule has 27 heavy (non-hydrogen) atoms. The Morgan fingerprint density at radius 3 is 1.96 bits per heavy atom. The van der Waals surface area contributed by atoms with Crippen molar-refractivity contribution in [2.45, 2.75) is 103 Å². The molecule has 1 aromatic carbocycles. The van der Waals surface area contributed by atoms with Gasteiger partial charge in [0.15, 0.2) is 0 Å². The average molecular weight is 387 g/mol. The number of hydrogen-bond acceptors (Lipinski definition) is 2. The Balaban J connectivity index is 1.41. The van der Waals surface area contributed by atoms with E-state index in [9.17, 15) is 0 Å². The first-order valence-corrected chi connectivity index (χ1v) is 11.7. The Morgan fingerprint density at radius 1 is 0.815 bits per heavy atom. The number of fused-ring (bicyclic) bond motifs is 1. The number of aromatic amines is 1. The van der Waals surface area contributed by atoms with Crippen molar-refractivity contribution in [1.29, 1.82) is 0 Å². The second kappa shape index (κ2) is 13.9. The van der Waals surface area contributed by atoms with E-state index < -0.39 is 0 Å². The quantitative estimate of drug-likeness (QED) is 0.234. The molecule has 0 unspecified atom stereocenters. The van der Waals surface area contributed by atoms with Crippen LogP contribution < -0.4 is 0 Å². The second-order valence-electron chi connectivity index (χ2n) is 7.91. The molecule has 1 N–H and O–H groups in total. The summed E-state index contributed by atoms with van der Waals surface area (Å²) >= 11 is 5.57. The van der Waals surface area contributed by atoms with Crippen LogP contribution in [0.2, 0.25) is 0 Å². The van der Waals surface area contributed by atoms with Crippen LogP contribution in [-0.2, 0) is 6.42 Å². The fraction of sp³-hybridized carbons (Fsp3) is 0.667. The molecule has 2 nitrogen and oxygen atoms in total. The van der Waals surface area contributed by atoms with Gasteiger partial charge in [-0.25, -0.2) is 4.98 Å². The van der Waals surface area contributed by atoms with Gasteiger partial charge in [0.2, 0.25) is 0 Å². The van der Waals surface area contributed by atoms with Gasteiger partial charge in [-0.05, 0) is 25.0 Å². The van der Waals surface area contributed by atoms with Crippen LogP contribution in [0.15, 0.2) is 24.3 Å². The van der Waals surface area contributed by atoms with Crippen LogP contribution >= 0.6 is 12.2 Å². The summed E-state index contributed by atoms with van der Waals surface area (Å²) in [5.41, 5.74) is 2.15. The van der Waals surface area contributed by atoms with E-state index in [1.165, 1.54) is 83.5 Å². The first-order chi connectivity index (χ1) is 13.3. The minimum absolute atomic E-state index is 0.808. The molecule has 0 radical (unpaired) electrons. The van der Waals surface area contributed by atoms with Gasteiger partial charge in [0.1, 0.15) is 5.82 Å². The minimum atomic E-state index is 0.808. The van der Waals surface area contributed by atoms with Crippen LogP contribution in [0.5, 0.6) is 0 Å². The maximum absolute atomic E-state index is 5.57. The number of nitrogens with zero attached hydrogens (tertiary/aromatic N) is 1. The second-order valence-corrected chi connectivity index (χ2v) is 8.49. The van der Waals surface area contributed by atoms with Crippen LogP contribution in [0.25, 0.3) is 11.0 Å². The molecule has 0 saturated heterocycles. The summed E-state index contributed by atoms with van der Waals surface area (Å²) in [6.45, 7) is 2.29. The van der Waals surface area contributed by atoms with E-state index in [0.29, 0.717) is 0 Å². The lowest BCUT2D eigenvalue weighted by atomic mass is 10.0. The predicted molar refractivity (Wildman–Crippen MR) is 123 cm³/mol. The lowest BCUT2D eigenvalue weighted by Crippen LogP contribution is -2.01. The third-order valence-electron chi connectivity index (χ3n) is 5.36. The fourth-order valence-corrected chi connectivity index (χ4v) is 3.99. The van der Waals surface area contributed by atoms with E-state index >= 15 is 0 Å². The highest BCUT2D eigenvalue weighted by Crippen LogP contribution is 2.15. The van der Waals surface area contributed by atoms with Gasteiger partial charge >= 0.3 is 0 Å².